The van der Waals surface area contributed by atoms with Crippen LogP contribution in [0.2, 0.25) is 0 Å². The lowest BCUT2D eigenvalue weighted by Crippen LogP contribution is -2.06. The zero-order chi connectivity index (χ0) is 19.9. The van der Waals surface area contributed by atoms with E-state index in [9.17, 15) is 0 Å². The third-order valence-corrected chi connectivity index (χ3v) is 5.35. The van der Waals surface area contributed by atoms with Crippen LogP contribution in [-0.2, 0) is 13.1 Å². The van der Waals surface area contributed by atoms with Crippen LogP contribution >= 0.6 is 0 Å². The molecule has 0 unspecified atom stereocenters. The van der Waals surface area contributed by atoms with Crippen molar-refractivity contribution in [2.75, 3.05) is 5.32 Å². The summed E-state index contributed by atoms with van der Waals surface area (Å²) in [5, 5.41) is 20.3. The number of hydrogen-bond donors (Lipinski definition) is 2. The van der Waals surface area contributed by atoms with Crippen LogP contribution in [-0.4, -0.2) is 40.1 Å². The molecule has 0 amide bonds. The molecule has 0 aliphatic heterocycles. The molecule has 4 heterocycles. The Morgan fingerprint density at radius 3 is 3.03 bits per heavy atom. The van der Waals surface area contributed by atoms with Gasteiger partial charge in [0.2, 0.25) is 5.65 Å². The lowest BCUT2D eigenvalue weighted by Gasteiger charge is -2.06. The maximum absolute atomic E-state index is 4.68. The molecule has 5 aromatic rings. The van der Waals surface area contributed by atoms with Crippen molar-refractivity contribution in [1.29, 1.82) is 0 Å². The lowest BCUT2D eigenvalue weighted by molar-refractivity contribution is 0.664. The van der Waals surface area contributed by atoms with Gasteiger partial charge in [-0.05, 0) is 42.7 Å². The van der Waals surface area contributed by atoms with E-state index in [1.54, 1.807) is 17.1 Å². The number of fused-ring (bicyclic) bond motifs is 2. The van der Waals surface area contributed by atoms with Crippen molar-refractivity contribution < 1.29 is 0 Å². The molecule has 9 nitrogen and oxygen atoms in total. The zero-order valence-corrected chi connectivity index (χ0v) is 16.2. The van der Waals surface area contributed by atoms with E-state index in [4.69, 9.17) is 0 Å². The van der Waals surface area contributed by atoms with E-state index in [0.29, 0.717) is 36.1 Å². The van der Waals surface area contributed by atoms with Gasteiger partial charge in [0.1, 0.15) is 5.82 Å². The first-order valence-electron chi connectivity index (χ1n) is 10.00. The number of benzene rings is 1. The molecule has 4 aromatic heterocycles. The molecule has 2 N–H and O–H groups in total. The summed E-state index contributed by atoms with van der Waals surface area (Å²) in [5.74, 6) is 1.33. The van der Waals surface area contributed by atoms with E-state index in [0.717, 1.165) is 22.2 Å². The second-order valence-electron chi connectivity index (χ2n) is 7.62. The minimum atomic E-state index is 0.527. The predicted molar refractivity (Wildman–Crippen MR) is 112 cm³/mol. The Kier molecular flexibility index (Phi) is 3.90. The minimum Gasteiger partial charge on any atom is -0.363 e. The van der Waals surface area contributed by atoms with E-state index in [-0.39, 0.29) is 0 Å². The van der Waals surface area contributed by atoms with Crippen molar-refractivity contribution in [3.63, 3.8) is 0 Å². The third kappa shape index (κ3) is 3.24. The van der Waals surface area contributed by atoms with Crippen LogP contribution in [0.1, 0.15) is 35.7 Å². The summed E-state index contributed by atoms with van der Waals surface area (Å²) in [6.45, 7) is 1.15. The van der Waals surface area contributed by atoms with Gasteiger partial charge in [0.15, 0.2) is 5.65 Å². The lowest BCUT2D eigenvalue weighted by atomic mass is 10.1. The van der Waals surface area contributed by atoms with Gasteiger partial charge in [-0.3, -0.25) is 10.1 Å². The van der Waals surface area contributed by atoms with Crippen LogP contribution < -0.4 is 5.32 Å². The van der Waals surface area contributed by atoms with E-state index in [1.165, 1.54) is 18.5 Å². The van der Waals surface area contributed by atoms with Crippen LogP contribution in [0.3, 0.4) is 0 Å². The highest BCUT2D eigenvalue weighted by atomic mass is 15.5. The summed E-state index contributed by atoms with van der Waals surface area (Å²) in [5.41, 5.74) is 5.44. The van der Waals surface area contributed by atoms with Crippen LogP contribution in [0.15, 0.2) is 48.8 Å². The average molecular weight is 397 g/mol. The number of pyridine rings is 1. The largest absolute Gasteiger partial charge is 0.363 e. The van der Waals surface area contributed by atoms with Crippen molar-refractivity contribution in [1.82, 2.24) is 40.1 Å². The first kappa shape index (κ1) is 17.0. The third-order valence-electron chi connectivity index (χ3n) is 5.35. The Morgan fingerprint density at radius 2 is 2.10 bits per heavy atom. The van der Waals surface area contributed by atoms with Gasteiger partial charge < -0.3 is 5.32 Å². The van der Waals surface area contributed by atoms with Crippen LogP contribution in [0.4, 0.5) is 5.82 Å². The predicted octanol–water partition coefficient (Wildman–Crippen LogP) is 3.03. The maximum atomic E-state index is 4.68. The topological polar surface area (TPSA) is 110 Å². The summed E-state index contributed by atoms with van der Waals surface area (Å²) in [4.78, 5) is 13.4. The normalized spacial score (nSPS) is 13.9. The molecule has 1 fully saturated rings. The van der Waals surface area contributed by atoms with Gasteiger partial charge in [0.05, 0.1) is 30.5 Å². The van der Waals surface area contributed by atoms with E-state index < -0.39 is 0 Å². The number of anilines is 1. The van der Waals surface area contributed by atoms with E-state index >= 15 is 0 Å². The second kappa shape index (κ2) is 6.87. The number of nitrogens with zero attached hydrogens (tertiary/aromatic N) is 7. The van der Waals surface area contributed by atoms with E-state index in [2.05, 4.69) is 59.0 Å². The first-order chi connectivity index (χ1) is 14.8. The molecule has 0 radical (unpaired) electrons. The molecule has 30 heavy (non-hydrogen) atoms. The fourth-order valence-corrected chi connectivity index (χ4v) is 3.60. The Balaban J connectivity index is 1.23. The molecule has 148 valence electrons. The second-order valence-corrected chi connectivity index (χ2v) is 7.62. The smallest absolute Gasteiger partial charge is 0.221 e. The molecule has 1 aliphatic rings. The summed E-state index contributed by atoms with van der Waals surface area (Å²) < 4.78 is 1.77. The Morgan fingerprint density at radius 1 is 1.13 bits per heavy atom. The van der Waals surface area contributed by atoms with Crippen molar-refractivity contribution in [2.45, 2.75) is 31.8 Å². The maximum Gasteiger partial charge on any atom is 0.221 e. The molecule has 0 atom stereocenters. The highest BCUT2D eigenvalue weighted by Gasteiger charge is 2.25. The van der Waals surface area contributed by atoms with Gasteiger partial charge in [-0.2, -0.15) is 5.10 Å². The molecule has 1 aromatic carbocycles. The summed E-state index contributed by atoms with van der Waals surface area (Å²) in [6, 6.07) is 12.3. The number of hydrogen-bond acceptors (Lipinski definition) is 7. The monoisotopic (exact) mass is 397 g/mol. The van der Waals surface area contributed by atoms with Gasteiger partial charge in [-0.25, -0.2) is 14.6 Å². The van der Waals surface area contributed by atoms with Crippen LogP contribution in [0.25, 0.3) is 22.2 Å². The number of nitrogens with one attached hydrogen (secondary N) is 2. The first-order valence-corrected chi connectivity index (χ1v) is 10.00. The molecule has 0 spiro atoms. The number of rotatable bonds is 6. The Labute approximate surface area is 171 Å². The summed E-state index contributed by atoms with van der Waals surface area (Å²) in [6.07, 6.45) is 5.98. The fourth-order valence-electron chi connectivity index (χ4n) is 3.60. The van der Waals surface area contributed by atoms with Gasteiger partial charge in [0.25, 0.3) is 0 Å². The molecule has 0 saturated heterocycles. The van der Waals surface area contributed by atoms with Crippen LogP contribution in [0.5, 0.6) is 0 Å². The van der Waals surface area contributed by atoms with Gasteiger partial charge in [-0.15, -0.1) is 5.10 Å². The zero-order valence-electron chi connectivity index (χ0n) is 16.2. The summed E-state index contributed by atoms with van der Waals surface area (Å²) in [7, 11) is 0. The Hall–Kier alpha value is -3.88. The van der Waals surface area contributed by atoms with Crippen molar-refractivity contribution in [3.8, 4) is 0 Å². The standard InChI is InChI=1S/C21H19N9/c1-2-15-8-13(3-6-17(15)22-7-1)12-30-21-20(28-29-30)24-11-19(25-21)23-10-16-9-18(27-26-16)14-4-5-14/h1-3,6-9,11,14H,4-5,10,12H2,(H,23,25)(H,26,27). The average Bonchev–Trinajstić information content (AvgIpc) is 3.40. The molecule has 0 bridgehead atoms. The molecule has 1 saturated carbocycles. The highest BCUT2D eigenvalue weighted by molar-refractivity contribution is 5.79. The van der Waals surface area contributed by atoms with Gasteiger partial charge in [0, 0.05) is 23.2 Å². The number of H-pyrrole nitrogens is 1. The van der Waals surface area contributed by atoms with E-state index in [1.807, 2.05) is 18.2 Å². The molecular formula is C21H19N9. The van der Waals surface area contributed by atoms with Crippen molar-refractivity contribution in [2.24, 2.45) is 0 Å². The molecule has 9 heteroatoms. The van der Waals surface area contributed by atoms with Crippen molar-refractivity contribution in [3.05, 3.63) is 65.7 Å². The summed E-state index contributed by atoms with van der Waals surface area (Å²) >= 11 is 0. The molecule has 1 aliphatic carbocycles. The fraction of sp³-hybridized carbons (Fsp3) is 0.238. The van der Waals surface area contributed by atoms with Crippen molar-refractivity contribution >= 4 is 28.0 Å². The number of aromatic nitrogens is 8. The SMILES string of the molecule is c1cnc2ccc(Cn3nnc4ncc(NCc5cc(C6CC6)[nH]n5)nc43)cc2c1. The number of aromatic amines is 1. The minimum absolute atomic E-state index is 0.527. The molecular weight excluding hydrogens is 378 g/mol. The highest BCUT2D eigenvalue weighted by Crippen LogP contribution is 2.39. The quantitative estimate of drug-likeness (QED) is 0.453. The van der Waals surface area contributed by atoms with Gasteiger partial charge in [-0.1, -0.05) is 17.3 Å². The van der Waals surface area contributed by atoms with Crippen LogP contribution in [0, 0.1) is 0 Å². The Bertz CT molecular complexity index is 1350. The van der Waals surface area contributed by atoms with Gasteiger partial charge >= 0.3 is 0 Å². The molecule has 6 rings (SSSR count).